The monoisotopic (exact) mass is 336 g/mol. The van der Waals surface area contributed by atoms with Crippen LogP contribution in [0, 0.1) is 0 Å². The first-order chi connectivity index (χ1) is 11.8. The molecule has 0 N–H and O–H groups in total. The maximum Gasteiger partial charge on any atom is 0.0977 e. The fourth-order valence-electron chi connectivity index (χ4n) is 3.64. The Bertz CT molecular complexity index is 300. The van der Waals surface area contributed by atoms with Gasteiger partial charge in [-0.25, -0.2) is 0 Å². The fourth-order valence-corrected chi connectivity index (χ4v) is 3.64. The third kappa shape index (κ3) is 9.59. The molecule has 1 rings (SSSR count). The van der Waals surface area contributed by atoms with Crippen molar-refractivity contribution in [3.8, 4) is 0 Å². The van der Waals surface area contributed by atoms with Gasteiger partial charge < -0.3 is 9.80 Å². The molecule has 0 aliphatic carbocycles. The highest BCUT2D eigenvalue weighted by atomic mass is 15.4. The molecule has 0 spiro atoms. The summed E-state index contributed by atoms with van der Waals surface area (Å²) in [5, 5.41) is 0. The minimum Gasteiger partial charge on any atom is -0.356 e. The van der Waals surface area contributed by atoms with Crippen molar-refractivity contribution in [3.63, 3.8) is 0 Å². The van der Waals surface area contributed by atoms with Crippen LogP contribution in [0.25, 0.3) is 0 Å². The van der Waals surface area contributed by atoms with Crippen molar-refractivity contribution in [1.82, 2.24) is 9.80 Å². The van der Waals surface area contributed by atoms with E-state index in [4.69, 9.17) is 0 Å². The van der Waals surface area contributed by atoms with Crippen molar-refractivity contribution >= 4 is 0 Å². The van der Waals surface area contributed by atoms with Crippen LogP contribution < -0.4 is 0 Å². The van der Waals surface area contributed by atoms with E-state index in [0.717, 1.165) is 0 Å². The second kappa shape index (κ2) is 14.7. The standard InChI is InChI=1S/C22H44N2/c1-4-6-8-10-12-13-15-17-19-24-21-20-23(22(24)3)18-16-14-11-9-7-5-2/h20-22H,4-19H2,1-3H3. The summed E-state index contributed by atoms with van der Waals surface area (Å²) in [5.41, 5.74) is 0. The van der Waals surface area contributed by atoms with E-state index in [0.29, 0.717) is 6.17 Å². The van der Waals surface area contributed by atoms with E-state index in [9.17, 15) is 0 Å². The molecule has 24 heavy (non-hydrogen) atoms. The zero-order valence-corrected chi connectivity index (χ0v) is 16.9. The van der Waals surface area contributed by atoms with Gasteiger partial charge in [0, 0.05) is 25.5 Å². The Labute approximate surface area is 152 Å². The van der Waals surface area contributed by atoms with E-state index in [-0.39, 0.29) is 0 Å². The summed E-state index contributed by atoms with van der Waals surface area (Å²) >= 11 is 0. The lowest BCUT2D eigenvalue weighted by Gasteiger charge is -2.30. The van der Waals surface area contributed by atoms with Gasteiger partial charge in [-0.1, -0.05) is 90.9 Å². The number of rotatable bonds is 16. The van der Waals surface area contributed by atoms with Gasteiger partial charge in [0.25, 0.3) is 0 Å². The van der Waals surface area contributed by atoms with Crippen molar-refractivity contribution in [2.24, 2.45) is 0 Å². The summed E-state index contributed by atoms with van der Waals surface area (Å²) < 4.78 is 0. The van der Waals surface area contributed by atoms with Gasteiger partial charge in [-0.15, -0.1) is 0 Å². The van der Waals surface area contributed by atoms with Crippen LogP contribution in [0.15, 0.2) is 12.4 Å². The normalized spacial score (nSPS) is 17.2. The smallest absolute Gasteiger partial charge is 0.0977 e. The predicted molar refractivity (Wildman–Crippen MR) is 108 cm³/mol. The van der Waals surface area contributed by atoms with Crippen LogP contribution >= 0.6 is 0 Å². The molecule has 1 aliphatic rings. The molecule has 1 unspecified atom stereocenters. The maximum atomic E-state index is 2.54. The van der Waals surface area contributed by atoms with Crippen LogP contribution in [0.5, 0.6) is 0 Å². The molecule has 0 bridgehead atoms. The Balaban J connectivity index is 1.97. The van der Waals surface area contributed by atoms with Crippen molar-refractivity contribution in [1.29, 1.82) is 0 Å². The molecule has 1 heterocycles. The Morgan fingerprint density at radius 3 is 1.25 bits per heavy atom. The van der Waals surface area contributed by atoms with E-state index in [1.165, 1.54) is 103 Å². The number of nitrogens with zero attached hydrogens (tertiary/aromatic N) is 2. The van der Waals surface area contributed by atoms with Crippen LogP contribution in [-0.4, -0.2) is 29.1 Å². The summed E-state index contributed by atoms with van der Waals surface area (Å²) in [6.07, 6.45) is 24.9. The second-order valence-electron chi connectivity index (χ2n) is 7.65. The van der Waals surface area contributed by atoms with Gasteiger partial charge in [0.2, 0.25) is 0 Å². The summed E-state index contributed by atoms with van der Waals surface area (Å²) in [7, 11) is 0. The highest BCUT2D eigenvalue weighted by Gasteiger charge is 2.20. The molecule has 2 nitrogen and oxygen atoms in total. The first-order valence-electron chi connectivity index (χ1n) is 11.0. The highest BCUT2D eigenvalue weighted by Crippen LogP contribution is 2.18. The zero-order valence-electron chi connectivity index (χ0n) is 16.9. The van der Waals surface area contributed by atoms with Gasteiger partial charge in [0.05, 0.1) is 6.17 Å². The molecule has 0 amide bonds. The minimum atomic E-state index is 0.574. The maximum absolute atomic E-state index is 2.54. The van der Waals surface area contributed by atoms with Gasteiger partial charge in [-0.05, 0) is 19.8 Å². The summed E-state index contributed by atoms with van der Waals surface area (Å²) in [5.74, 6) is 0. The quantitative estimate of drug-likeness (QED) is 0.282. The number of hydrogen-bond acceptors (Lipinski definition) is 2. The van der Waals surface area contributed by atoms with Crippen LogP contribution in [0.3, 0.4) is 0 Å². The number of unbranched alkanes of at least 4 members (excludes halogenated alkanes) is 12. The highest BCUT2D eigenvalue weighted by molar-refractivity contribution is 4.95. The molecule has 0 saturated carbocycles. The molecule has 0 fully saturated rings. The summed E-state index contributed by atoms with van der Waals surface area (Å²) in [6, 6.07) is 0. The van der Waals surface area contributed by atoms with Crippen molar-refractivity contribution in [2.75, 3.05) is 13.1 Å². The molecule has 0 saturated heterocycles. The molecular weight excluding hydrogens is 292 g/mol. The largest absolute Gasteiger partial charge is 0.356 e. The van der Waals surface area contributed by atoms with Gasteiger partial charge in [-0.2, -0.15) is 0 Å². The van der Waals surface area contributed by atoms with E-state index in [1.807, 2.05) is 0 Å². The minimum absolute atomic E-state index is 0.574. The van der Waals surface area contributed by atoms with Gasteiger partial charge in [-0.3, -0.25) is 0 Å². The Morgan fingerprint density at radius 2 is 0.875 bits per heavy atom. The first kappa shape index (κ1) is 21.4. The summed E-state index contributed by atoms with van der Waals surface area (Å²) in [4.78, 5) is 5.07. The molecule has 2 heteroatoms. The third-order valence-electron chi connectivity index (χ3n) is 5.45. The molecule has 0 aromatic rings. The molecule has 142 valence electrons. The first-order valence-corrected chi connectivity index (χ1v) is 11.0. The van der Waals surface area contributed by atoms with E-state index in [1.54, 1.807) is 0 Å². The predicted octanol–water partition coefficient (Wildman–Crippen LogP) is 6.92. The van der Waals surface area contributed by atoms with E-state index < -0.39 is 0 Å². The Morgan fingerprint density at radius 1 is 0.542 bits per heavy atom. The lowest BCUT2D eigenvalue weighted by Crippen LogP contribution is -2.36. The van der Waals surface area contributed by atoms with Crippen molar-refractivity contribution < 1.29 is 0 Å². The second-order valence-corrected chi connectivity index (χ2v) is 7.65. The van der Waals surface area contributed by atoms with E-state index in [2.05, 4.69) is 43.0 Å². The summed E-state index contributed by atoms with van der Waals surface area (Å²) in [6.45, 7) is 9.41. The van der Waals surface area contributed by atoms with Gasteiger partial charge in [0.1, 0.15) is 0 Å². The lowest BCUT2D eigenvalue weighted by molar-refractivity contribution is 0.165. The van der Waals surface area contributed by atoms with Crippen LogP contribution in [-0.2, 0) is 0 Å². The average molecular weight is 337 g/mol. The molecule has 1 aliphatic heterocycles. The molecule has 0 radical (unpaired) electrons. The lowest BCUT2D eigenvalue weighted by atomic mass is 10.1. The van der Waals surface area contributed by atoms with Crippen LogP contribution in [0.1, 0.15) is 111 Å². The topological polar surface area (TPSA) is 6.48 Å². The van der Waals surface area contributed by atoms with Crippen molar-refractivity contribution in [2.45, 2.75) is 117 Å². The zero-order chi connectivity index (χ0) is 17.5. The molecule has 0 aromatic heterocycles. The van der Waals surface area contributed by atoms with E-state index >= 15 is 0 Å². The fraction of sp³-hybridized carbons (Fsp3) is 0.909. The average Bonchev–Trinajstić information content (AvgIpc) is 2.93. The molecule has 1 atom stereocenters. The van der Waals surface area contributed by atoms with Crippen LogP contribution in [0.4, 0.5) is 0 Å². The van der Waals surface area contributed by atoms with Gasteiger partial charge in [0.15, 0.2) is 0 Å². The SMILES string of the molecule is CCCCCCCCCCN1C=CN(CCCCCCCC)C1C. The molecular formula is C22H44N2. The van der Waals surface area contributed by atoms with Gasteiger partial charge >= 0.3 is 0 Å². The molecule has 0 aromatic carbocycles. The van der Waals surface area contributed by atoms with Crippen molar-refractivity contribution in [3.05, 3.63) is 12.4 Å². The Kier molecular flexibility index (Phi) is 13.1. The number of hydrogen-bond donors (Lipinski definition) is 0. The third-order valence-corrected chi connectivity index (χ3v) is 5.45. The Hall–Kier alpha value is -0.660. The van der Waals surface area contributed by atoms with Crippen LogP contribution in [0.2, 0.25) is 0 Å².